The molecular formula is C12H13F4NO. The number of amides is 1. The van der Waals surface area contributed by atoms with Crippen LogP contribution in [-0.4, -0.2) is 30.2 Å². The molecule has 18 heavy (non-hydrogen) atoms. The van der Waals surface area contributed by atoms with Crippen LogP contribution in [0.15, 0.2) is 24.3 Å². The van der Waals surface area contributed by atoms with Crippen LogP contribution in [0.3, 0.4) is 0 Å². The van der Waals surface area contributed by atoms with Gasteiger partial charge in [-0.3, -0.25) is 4.79 Å². The Hall–Kier alpha value is -1.59. The van der Waals surface area contributed by atoms with E-state index >= 15 is 0 Å². The smallest absolute Gasteiger partial charge is 0.336 e. The lowest BCUT2D eigenvalue weighted by Crippen LogP contribution is -2.45. The largest absolute Gasteiger partial charge is 0.383 e. The Balaban J connectivity index is 2.81. The van der Waals surface area contributed by atoms with E-state index in [0.717, 1.165) is 12.6 Å². The van der Waals surface area contributed by atoms with Gasteiger partial charge in [0.2, 0.25) is 0 Å². The molecule has 0 atom stereocenters. The number of nitrogens with zero attached hydrogens (tertiary/aromatic N) is 1. The molecule has 1 rings (SSSR count). The van der Waals surface area contributed by atoms with Gasteiger partial charge in [0.05, 0.1) is 0 Å². The zero-order valence-corrected chi connectivity index (χ0v) is 9.96. The molecule has 0 aliphatic heterocycles. The van der Waals surface area contributed by atoms with E-state index < -0.39 is 18.3 Å². The van der Waals surface area contributed by atoms with E-state index in [2.05, 4.69) is 0 Å². The first kappa shape index (κ1) is 14.5. The van der Waals surface area contributed by atoms with Gasteiger partial charge in [-0.2, -0.15) is 8.78 Å². The molecule has 0 fully saturated rings. The summed E-state index contributed by atoms with van der Waals surface area (Å²) in [5.41, 5.74) is 1.44. The maximum absolute atomic E-state index is 12.9. The number of halogens is 4. The predicted octanol–water partition coefficient (Wildman–Crippen LogP) is 2.85. The van der Waals surface area contributed by atoms with Gasteiger partial charge in [0.15, 0.2) is 0 Å². The average Bonchev–Trinajstić information content (AvgIpc) is 2.30. The minimum atomic E-state index is -4.64. The Morgan fingerprint density at radius 2 is 1.89 bits per heavy atom. The molecule has 1 aromatic rings. The van der Waals surface area contributed by atoms with E-state index in [9.17, 15) is 22.4 Å². The summed E-state index contributed by atoms with van der Waals surface area (Å²) in [6.45, 7) is 1.62. The van der Waals surface area contributed by atoms with Gasteiger partial charge in [-0.1, -0.05) is 24.3 Å². The lowest BCUT2D eigenvalue weighted by Gasteiger charge is -2.23. The van der Waals surface area contributed by atoms with E-state index in [1.54, 1.807) is 31.2 Å². The van der Waals surface area contributed by atoms with Crippen molar-refractivity contribution in [1.29, 1.82) is 0 Å². The van der Waals surface area contributed by atoms with Crippen molar-refractivity contribution in [3.63, 3.8) is 0 Å². The quantitative estimate of drug-likeness (QED) is 0.765. The summed E-state index contributed by atoms with van der Waals surface area (Å²) in [5, 5.41) is 0. The third-order valence-electron chi connectivity index (χ3n) is 2.57. The third-order valence-corrected chi connectivity index (χ3v) is 2.57. The summed E-state index contributed by atoms with van der Waals surface area (Å²) in [7, 11) is 1.07. The highest BCUT2D eigenvalue weighted by Crippen LogP contribution is 2.25. The minimum Gasteiger partial charge on any atom is -0.336 e. The van der Waals surface area contributed by atoms with Crippen LogP contribution in [0.4, 0.5) is 17.6 Å². The van der Waals surface area contributed by atoms with Gasteiger partial charge in [0.25, 0.3) is 5.91 Å². The zero-order valence-electron chi connectivity index (χ0n) is 9.96. The second-order valence-electron chi connectivity index (χ2n) is 4.01. The first-order chi connectivity index (χ1) is 8.26. The molecule has 0 aliphatic carbocycles. The molecule has 0 saturated carbocycles. The lowest BCUT2D eigenvalue weighted by molar-refractivity contribution is -0.179. The van der Waals surface area contributed by atoms with Gasteiger partial charge in [-0.25, -0.2) is 8.78 Å². The summed E-state index contributed by atoms with van der Waals surface area (Å²) < 4.78 is 49.8. The molecule has 0 unspecified atom stereocenters. The molecular weight excluding hydrogens is 250 g/mol. The Morgan fingerprint density at radius 3 is 2.39 bits per heavy atom. The monoisotopic (exact) mass is 263 g/mol. The first-order valence-corrected chi connectivity index (χ1v) is 5.23. The average molecular weight is 263 g/mol. The Morgan fingerprint density at radius 1 is 1.33 bits per heavy atom. The topological polar surface area (TPSA) is 20.3 Å². The predicted molar refractivity (Wildman–Crippen MR) is 58.6 cm³/mol. The number of carbonyl (C=O) groups excluding carboxylic acids is 1. The standard InChI is InChI=1S/C12H13F4NO/c1-8-5-3-4-6-9(8)7-17(2)11(18)12(15,16)10(13)14/h3-6,10H,7H2,1-2H3. The molecule has 0 N–H and O–H groups in total. The Kier molecular flexibility index (Phi) is 4.32. The van der Waals surface area contributed by atoms with Gasteiger partial charge >= 0.3 is 12.3 Å². The van der Waals surface area contributed by atoms with E-state index in [1.807, 2.05) is 0 Å². The second kappa shape index (κ2) is 5.37. The number of aryl methyl sites for hydroxylation is 1. The summed E-state index contributed by atoms with van der Waals surface area (Å²) in [4.78, 5) is 11.8. The normalized spacial score (nSPS) is 11.7. The number of alkyl halides is 4. The fourth-order valence-corrected chi connectivity index (χ4v) is 1.46. The van der Waals surface area contributed by atoms with Crippen molar-refractivity contribution < 1.29 is 22.4 Å². The zero-order chi connectivity index (χ0) is 13.9. The van der Waals surface area contributed by atoms with Crippen LogP contribution in [0.25, 0.3) is 0 Å². The van der Waals surface area contributed by atoms with Gasteiger partial charge in [-0.15, -0.1) is 0 Å². The molecule has 2 nitrogen and oxygen atoms in total. The van der Waals surface area contributed by atoms with Crippen molar-refractivity contribution in [1.82, 2.24) is 4.90 Å². The number of benzene rings is 1. The van der Waals surface area contributed by atoms with Gasteiger partial charge < -0.3 is 4.90 Å². The first-order valence-electron chi connectivity index (χ1n) is 5.23. The van der Waals surface area contributed by atoms with Crippen LogP contribution in [0.2, 0.25) is 0 Å². The SMILES string of the molecule is Cc1ccccc1CN(C)C(=O)C(F)(F)C(F)F. The summed E-state index contributed by atoms with van der Waals surface area (Å²) in [6, 6.07) is 6.85. The van der Waals surface area contributed by atoms with Gasteiger partial charge in [-0.05, 0) is 18.1 Å². The van der Waals surface area contributed by atoms with E-state index in [0.29, 0.717) is 10.5 Å². The molecule has 0 radical (unpaired) electrons. The Bertz CT molecular complexity index is 434. The summed E-state index contributed by atoms with van der Waals surface area (Å²) in [5.74, 6) is -6.52. The molecule has 0 spiro atoms. The number of hydrogen-bond acceptors (Lipinski definition) is 1. The highest BCUT2D eigenvalue weighted by Gasteiger charge is 2.50. The summed E-state index contributed by atoms with van der Waals surface area (Å²) >= 11 is 0. The third kappa shape index (κ3) is 3.00. The highest BCUT2D eigenvalue weighted by atomic mass is 19.3. The van der Waals surface area contributed by atoms with Crippen LogP contribution in [0.1, 0.15) is 11.1 Å². The highest BCUT2D eigenvalue weighted by molar-refractivity contribution is 5.83. The molecule has 100 valence electrons. The van der Waals surface area contributed by atoms with Crippen molar-refractivity contribution in [3.8, 4) is 0 Å². The Labute approximate surface area is 102 Å². The van der Waals surface area contributed by atoms with Gasteiger partial charge in [0, 0.05) is 13.6 Å². The number of carbonyl (C=O) groups is 1. The van der Waals surface area contributed by atoms with E-state index in [4.69, 9.17) is 0 Å². The second-order valence-corrected chi connectivity index (χ2v) is 4.01. The molecule has 1 aromatic carbocycles. The van der Waals surface area contributed by atoms with Crippen molar-refractivity contribution in [2.75, 3.05) is 7.05 Å². The van der Waals surface area contributed by atoms with Crippen molar-refractivity contribution in [2.45, 2.75) is 25.8 Å². The van der Waals surface area contributed by atoms with Crippen LogP contribution in [-0.2, 0) is 11.3 Å². The van der Waals surface area contributed by atoms with E-state index in [-0.39, 0.29) is 6.54 Å². The van der Waals surface area contributed by atoms with Crippen LogP contribution in [0.5, 0.6) is 0 Å². The molecule has 0 bridgehead atoms. The maximum atomic E-state index is 12.9. The number of hydrogen-bond donors (Lipinski definition) is 0. The minimum absolute atomic E-state index is 0.131. The van der Waals surface area contributed by atoms with Gasteiger partial charge in [0.1, 0.15) is 0 Å². The van der Waals surface area contributed by atoms with Crippen LogP contribution < -0.4 is 0 Å². The molecule has 6 heteroatoms. The fraction of sp³-hybridized carbons (Fsp3) is 0.417. The molecule has 0 aromatic heterocycles. The van der Waals surface area contributed by atoms with Crippen molar-refractivity contribution in [2.24, 2.45) is 0 Å². The van der Waals surface area contributed by atoms with Crippen molar-refractivity contribution in [3.05, 3.63) is 35.4 Å². The van der Waals surface area contributed by atoms with Crippen molar-refractivity contribution >= 4 is 5.91 Å². The lowest BCUT2D eigenvalue weighted by atomic mass is 10.1. The maximum Gasteiger partial charge on any atom is 0.383 e. The van der Waals surface area contributed by atoms with Crippen LogP contribution in [0, 0.1) is 6.92 Å². The molecule has 0 heterocycles. The van der Waals surface area contributed by atoms with Crippen LogP contribution >= 0.6 is 0 Å². The molecule has 1 amide bonds. The van der Waals surface area contributed by atoms with E-state index in [1.165, 1.54) is 0 Å². The summed E-state index contributed by atoms with van der Waals surface area (Å²) in [6.07, 6.45) is -4.00. The fourth-order valence-electron chi connectivity index (χ4n) is 1.46. The number of rotatable bonds is 4. The molecule has 0 aliphatic rings. The molecule has 0 saturated heterocycles.